The van der Waals surface area contributed by atoms with Gasteiger partial charge in [0.2, 0.25) is 5.90 Å². The van der Waals surface area contributed by atoms with Gasteiger partial charge < -0.3 is 9.47 Å². The number of rotatable bonds is 3. The van der Waals surface area contributed by atoms with Crippen molar-refractivity contribution in [1.29, 1.82) is 0 Å². The predicted octanol–water partition coefficient (Wildman–Crippen LogP) is 2.88. The number of hydrogen-bond acceptors (Lipinski definition) is 6. The summed E-state index contributed by atoms with van der Waals surface area (Å²) in [6.07, 6.45) is 4.11. The Kier molecular flexibility index (Phi) is 3.70. The first kappa shape index (κ1) is 17.0. The first-order valence-corrected chi connectivity index (χ1v) is 9.73. The maximum absolute atomic E-state index is 6.21. The Morgan fingerprint density at radius 1 is 1.10 bits per heavy atom. The monoisotopic (exact) mass is 398 g/mol. The quantitative estimate of drug-likeness (QED) is 0.467. The first-order chi connectivity index (χ1) is 14.8. The fraction of sp³-hybridized carbons (Fsp3) is 0.182. The number of imidazole rings is 1. The summed E-state index contributed by atoms with van der Waals surface area (Å²) in [5.41, 5.74) is 5.66. The van der Waals surface area contributed by atoms with Gasteiger partial charge in [-0.1, -0.05) is 35.5 Å². The van der Waals surface area contributed by atoms with Gasteiger partial charge in [-0.3, -0.25) is 4.57 Å². The highest BCUT2D eigenvalue weighted by atomic mass is 16.5. The van der Waals surface area contributed by atoms with E-state index in [1.54, 1.807) is 13.3 Å². The Balaban J connectivity index is 1.43. The largest absolute Gasteiger partial charge is 0.497 e. The van der Waals surface area contributed by atoms with Crippen LogP contribution in [-0.4, -0.2) is 44.1 Å². The lowest BCUT2D eigenvalue weighted by atomic mass is 10.1. The minimum atomic E-state index is -0.0897. The van der Waals surface area contributed by atoms with Crippen LogP contribution in [0.5, 0.6) is 5.75 Å². The average molecular weight is 398 g/mol. The van der Waals surface area contributed by atoms with Gasteiger partial charge in [-0.15, -0.1) is 5.10 Å². The first-order valence-electron chi connectivity index (χ1n) is 9.73. The van der Waals surface area contributed by atoms with E-state index in [9.17, 15) is 0 Å². The van der Waals surface area contributed by atoms with E-state index in [2.05, 4.69) is 37.0 Å². The molecule has 8 heteroatoms. The Hall–Kier alpha value is -3.94. The minimum absolute atomic E-state index is 0.0897. The van der Waals surface area contributed by atoms with Crippen LogP contribution in [0.25, 0.3) is 11.4 Å². The summed E-state index contributed by atoms with van der Waals surface area (Å²) in [6.45, 7) is 0.582. The highest BCUT2D eigenvalue weighted by molar-refractivity contribution is 5.95. The Bertz CT molecular complexity index is 1270. The van der Waals surface area contributed by atoms with Crippen LogP contribution < -0.4 is 4.74 Å². The normalized spacial score (nSPS) is 16.7. The molecule has 2 aromatic carbocycles. The van der Waals surface area contributed by atoms with Crippen LogP contribution in [0.3, 0.4) is 0 Å². The molecule has 6 rings (SSSR count). The van der Waals surface area contributed by atoms with Gasteiger partial charge in [-0.05, 0) is 17.7 Å². The predicted molar refractivity (Wildman–Crippen MR) is 110 cm³/mol. The number of fused-ring (bicyclic) bond motifs is 5. The zero-order valence-corrected chi connectivity index (χ0v) is 16.3. The Morgan fingerprint density at radius 2 is 2.00 bits per heavy atom. The molecule has 0 spiro atoms. The van der Waals surface area contributed by atoms with Gasteiger partial charge in [-0.25, -0.2) is 14.7 Å². The van der Waals surface area contributed by atoms with Crippen molar-refractivity contribution < 1.29 is 9.47 Å². The molecule has 0 bridgehead atoms. The number of benzene rings is 2. The summed E-state index contributed by atoms with van der Waals surface area (Å²) in [5, 5.41) is 8.41. The maximum Gasteiger partial charge on any atom is 0.238 e. The molecule has 0 N–H and O–H groups in total. The van der Waals surface area contributed by atoms with Crippen LogP contribution in [0.1, 0.15) is 28.7 Å². The minimum Gasteiger partial charge on any atom is -0.497 e. The molecule has 30 heavy (non-hydrogen) atoms. The van der Waals surface area contributed by atoms with Crippen LogP contribution >= 0.6 is 0 Å². The molecule has 2 aromatic heterocycles. The molecular weight excluding hydrogens is 380 g/mol. The van der Waals surface area contributed by atoms with E-state index in [0.717, 1.165) is 39.8 Å². The SMILES string of the molecule is COc1ccc2c(c1)-n1nncc1Cc1c(C3=NC[C@@H](c4ccccc4)O3)ncn1-2. The van der Waals surface area contributed by atoms with Gasteiger partial charge in [-0.2, -0.15) is 0 Å². The molecule has 2 aliphatic rings. The van der Waals surface area contributed by atoms with Crippen molar-refractivity contribution in [2.24, 2.45) is 4.99 Å². The van der Waals surface area contributed by atoms with E-state index in [0.29, 0.717) is 18.9 Å². The zero-order chi connectivity index (χ0) is 20.1. The van der Waals surface area contributed by atoms with Crippen molar-refractivity contribution in [3.8, 4) is 17.1 Å². The second kappa shape index (κ2) is 6.55. The fourth-order valence-electron chi connectivity index (χ4n) is 4.03. The van der Waals surface area contributed by atoms with Crippen LogP contribution in [0.2, 0.25) is 0 Å². The van der Waals surface area contributed by atoms with Gasteiger partial charge in [0, 0.05) is 12.5 Å². The summed E-state index contributed by atoms with van der Waals surface area (Å²) in [5.74, 6) is 1.33. The van der Waals surface area contributed by atoms with Crippen molar-refractivity contribution in [3.05, 3.63) is 83.7 Å². The molecule has 4 aromatic rings. The number of ether oxygens (including phenoxy) is 2. The molecule has 1 atom stereocenters. The zero-order valence-electron chi connectivity index (χ0n) is 16.3. The smallest absolute Gasteiger partial charge is 0.238 e. The summed E-state index contributed by atoms with van der Waals surface area (Å²) in [6, 6.07) is 16.0. The third-order valence-corrected chi connectivity index (χ3v) is 5.53. The molecule has 0 saturated heterocycles. The van der Waals surface area contributed by atoms with Crippen molar-refractivity contribution >= 4 is 5.90 Å². The van der Waals surface area contributed by atoms with Crippen LogP contribution in [0.4, 0.5) is 0 Å². The molecule has 4 heterocycles. The number of methoxy groups -OCH3 is 1. The van der Waals surface area contributed by atoms with E-state index >= 15 is 0 Å². The van der Waals surface area contributed by atoms with Gasteiger partial charge in [0.15, 0.2) is 0 Å². The average Bonchev–Trinajstić information content (AvgIpc) is 3.53. The lowest BCUT2D eigenvalue weighted by Crippen LogP contribution is -2.10. The summed E-state index contributed by atoms with van der Waals surface area (Å²) in [7, 11) is 1.65. The molecule has 2 aliphatic heterocycles. The van der Waals surface area contributed by atoms with E-state index in [1.165, 1.54) is 0 Å². The van der Waals surface area contributed by atoms with E-state index in [4.69, 9.17) is 9.47 Å². The van der Waals surface area contributed by atoms with Gasteiger partial charge in [0.1, 0.15) is 23.9 Å². The fourth-order valence-corrected chi connectivity index (χ4v) is 4.03. The Labute approximate surface area is 172 Å². The molecule has 0 radical (unpaired) electrons. The molecule has 0 amide bonds. The summed E-state index contributed by atoms with van der Waals surface area (Å²) in [4.78, 5) is 9.34. The highest BCUT2D eigenvalue weighted by Crippen LogP contribution is 2.33. The number of hydrogen-bond donors (Lipinski definition) is 0. The van der Waals surface area contributed by atoms with Crippen LogP contribution in [0.15, 0.2) is 66.0 Å². The maximum atomic E-state index is 6.21. The van der Waals surface area contributed by atoms with E-state index in [-0.39, 0.29) is 6.10 Å². The van der Waals surface area contributed by atoms with E-state index < -0.39 is 0 Å². The van der Waals surface area contributed by atoms with Crippen molar-refractivity contribution in [2.75, 3.05) is 13.7 Å². The molecule has 8 nitrogen and oxygen atoms in total. The molecule has 0 unspecified atom stereocenters. The van der Waals surface area contributed by atoms with Gasteiger partial charge in [0.25, 0.3) is 0 Å². The third kappa shape index (κ3) is 2.53. The topological polar surface area (TPSA) is 79.3 Å². The molecule has 0 fully saturated rings. The van der Waals surface area contributed by atoms with Gasteiger partial charge in [0.05, 0.1) is 42.6 Å². The van der Waals surface area contributed by atoms with Crippen LogP contribution in [0, 0.1) is 0 Å². The Morgan fingerprint density at radius 3 is 2.87 bits per heavy atom. The summed E-state index contributed by atoms with van der Waals surface area (Å²) < 4.78 is 15.5. The number of aromatic nitrogens is 5. The highest BCUT2D eigenvalue weighted by Gasteiger charge is 2.30. The van der Waals surface area contributed by atoms with E-state index in [1.807, 2.05) is 47.4 Å². The third-order valence-electron chi connectivity index (χ3n) is 5.53. The standard InChI is InChI=1S/C22H18N6O2/c1-29-16-7-8-17-18(10-16)28-15(11-25-26-28)9-19-21(24-13-27(17)19)22-23-12-20(30-22)14-5-3-2-4-6-14/h2-8,10-11,13,20H,9,12H2,1H3/t20-/m0/s1. The van der Waals surface area contributed by atoms with Crippen LogP contribution in [-0.2, 0) is 11.2 Å². The molecule has 0 saturated carbocycles. The van der Waals surface area contributed by atoms with Crippen molar-refractivity contribution in [2.45, 2.75) is 12.5 Å². The second-order valence-corrected chi connectivity index (χ2v) is 7.24. The number of nitrogens with zero attached hydrogens (tertiary/aromatic N) is 6. The lowest BCUT2D eigenvalue weighted by molar-refractivity contribution is 0.229. The molecule has 0 aliphatic carbocycles. The second-order valence-electron chi connectivity index (χ2n) is 7.24. The molecular formula is C22H18N6O2. The van der Waals surface area contributed by atoms with Crippen molar-refractivity contribution in [3.63, 3.8) is 0 Å². The lowest BCUT2D eigenvalue weighted by Gasteiger charge is -2.12. The number of aliphatic imine (C=N–C) groups is 1. The van der Waals surface area contributed by atoms with Gasteiger partial charge >= 0.3 is 0 Å². The molecule has 148 valence electrons. The van der Waals surface area contributed by atoms with Crippen molar-refractivity contribution in [1.82, 2.24) is 24.5 Å². The summed E-state index contributed by atoms with van der Waals surface area (Å²) >= 11 is 0.